The van der Waals surface area contributed by atoms with Crippen molar-refractivity contribution in [2.75, 3.05) is 13.2 Å². The summed E-state index contributed by atoms with van der Waals surface area (Å²) in [6.45, 7) is -0.733. The molecule has 1 aliphatic rings. The number of hydrazine groups is 1. The van der Waals surface area contributed by atoms with Gasteiger partial charge < -0.3 is 4.74 Å². The minimum Gasteiger partial charge on any atom is -0.481 e. The fourth-order valence-electron chi connectivity index (χ4n) is 1.42. The predicted molar refractivity (Wildman–Crippen MR) is 60.3 cm³/mol. The molecule has 1 aromatic carbocycles. The highest BCUT2D eigenvalue weighted by atomic mass is 19.1. The van der Waals surface area contributed by atoms with Crippen LogP contribution < -0.4 is 15.5 Å². The van der Waals surface area contributed by atoms with Gasteiger partial charge in [-0.3, -0.25) is 20.3 Å². The molecule has 1 aliphatic heterocycles. The van der Waals surface area contributed by atoms with Gasteiger partial charge in [0.25, 0.3) is 5.91 Å². The van der Waals surface area contributed by atoms with Gasteiger partial charge in [0.1, 0.15) is 6.54 Å². The Labute approximate surface area is 107 Å². The zero-order chi connectivity index (χ0) is 13.8. The molecule has 1 heterocycles. The average molecular weight is 267 g/mol. The highest BCUT2D eigenvalue weighted by molar-refractivity contribution is 6.02. The normalized spacial score (nSPS) is 14.3. The molecule has 2 rings (SSSR count). The number of para-hydroxylation sites is 1. The van der Waals surface area contributed by atoms with Crippen molar-refractivity contribution in [2.45, 2.75) is 0 Å². The summed E-state index contributed by atoms with van der Waals surface area (Å²) in [5, 5.41) is 2.80. The van der Waals surface area contributed by atoms with Crippen LogP contribution in [0.4, 0.5) is 9.18 Å². The minimum absolute atomic E-state index is 0.0698. The summed E-state index contributed by atoms with van der Waals surface area (Å²) in [4.78, 5) is 33.4. The Morgan fingerprint density at radius 1 is 1.42 bits per heavy atom. The van der Waals surface area contributed by atoms with Gasteiger partial charge in [-0.05, 0) is 12.1 Å². The lowest BCUT2D eigenvalue weighted by atomic mass is 10.3. The molecule has 0 bridgehead atoms. The van der Waals surface area contributed by atoms with Crippen LogP contribution in [0.3, 0.4) is 0 Å². The van der Waals surface area contributed by atoms with Crippen LogP contribution >= 0.6 is 0 Å². The van der Waals surface area contributed by atoms with E-state index in [1.54, 1.807) is 6.07 Å². The number of halogens is 1. The maximum absolute atomic E-state index is 13.2. The molecule has 0 unspecified atom stereocenters. The number of amides is 4. The van der Waals surface area contributed by atoms with Crippen molar-refractivity contribution in [3.05, 3.63) is 30.1 Å². The van der Waals surface area contributed by atoms with Gasteiger partial charge in [0.15, 0.2) is 18.2 Å². The number of nitrogens with one attached hydrogen (secondary N) is 2. The maximum Gasteiger partial charge on any atom is 0.343 e. The number of carbonyl (C=O) groups is 3. The number of imide groups is 1. The third kappa shape index (κ3) is 3.18. The summed E-state index contributed by atoms with van der Waals surface area (Å²) in [6, 6.07) is 4.89. The van der Waals surface area contributed by atoms with Crippen molar-refractivity contribution in [3.63, 3.8) is 0 Å². The van der Waals surface area contributed by atoms with Gasteiger partial charge in [-0.2, -0.15) is 0 Å². The number of ether oxygens (including phenoxy) is 1. The summed E-state index contributed by atoms with van der Waals surface area (Å²) in [5.74, 6) is -1.85. The number of rotatable bonds is 4. The SMILES string of the molecule is O=C1CN(NC(=O)COc2ccccc2F)C(=O)N1. The van der Waals surface area contributed by atoms with Crippen molar-refractivity contribution in [3.8, 4) is 5.75 Å². The average Bonchev–Trinajstić information content (AvgIpc) is 2.67. The van der Waals surface area contributed by atoms with Crippen molar-refractivity contribution >= 4 is 17.8 Å². The standard InChI is InChI=1S/C11H10FN3O4/c12-7-3-1-2-4-8(7)19-6-10(17)14-15-5-9(16)13-11(15)18/h1-4H,5-6H2,(H,14,17)(H,13,16,18). The van der Waals surface area contributed by atoms with Crippen LogP contribution in [0.1, 0.15) is 0 Å². The Kier molecular flexibility index (Phi) is 3.60. The molecule has 2 N–H and O–H groups in total. The van der Waals surface area contributed by atoms with Gasteiger partial charge >= 0.3 is 6.03 Å². The van der Waals surface area contributed by atoms with E-state index >= 15 is 0 Å². The van der Waals surface area contributed by atoms with Crippen molar-refractivity contribution < 1.29 is 23.5 Å². The monoisotopic (exact) mass is 267 g/mol. The molecular formula is C11H10FN3O4. The molecule has 0 aliphatic carbocycles. The number of hydrogen-bond donors (Lipinski definition) is 2. The molecule has 1 aromatic rings. The number of nitrogens with zero attached hydrogens (tertiary/aromatic N) is 1. The second-order valence-electron chi connectivity index (χ2n) is 3.69. The third-order valence-electron chi connectivity index (χ3n) is 2.25. The molecule has 0 spiro atoms. The summed E-state index contributed by atoms with van der Waals surface area (Å²) in [7, 11) is 0. The van der Waals surface area contributed by atoms with E-state index in [2.05, 4.69) is 5.43 Å². The predicted octanol–water partition coefficient (Wildman–Crippen LogP) is -0.212. The molecule has 0 atom stereocenters. The Balaban J connectivity index is 1.84. The Morgan fingerprint density at radius 2 is 2.16 bits per heavy atom. The molecule has 1 saturated heterocycles. The summed E-state index contributed by atoms with van der Waals surface area (Å²) < 4.78 is 18.1. The Bertz CT molecular complexity index is 534. The molecule has 1 fully saturated rings. The van der Waals surface area contributed by atoms with E-state index in [1.165, 1.54) is 18.2 Å². The van der Waals surface area contributed by atoms with E-state index in [0.29, 0.717) is 0 Å². The number of carbonyl (C=O) groups excluding carboxylic acids is 3. The second kappa shape index (κ2) is 5.34. The first-order valence-electron chi connectivity index (χ1n) is 5.34. The fourth-order valence-corrected chi connectivity index (χ4v) is 1.42. The van der Waals surface area contributed by atoms with Crippen molar-refractivity contribution in [1.29, 1.82) is 0 Å². The largest absolute Gasteiger partial charge is 0.481 e. The second-order valence-corrected chi connectivity index (χ2v) is 3.69. The molecule has 4 amide bonds. The van der Waals surface area contributed by atoms with Gasteiger partial charge in [-0.15, -0.1) is 0 Å². The Hall–Kier alpha value is -2.64. The molecule has 0 radical (unpaired) electrons. The number of hydrogen-bond acceptors (Lipinski definition) is 4. The summed E-state index contributed by atoms with van der Waals surface area (Å²) >= 11 is 0. The van der Waals surface area contributed by atoms with Crippen molar-refractivity contribution in [1.82, 2.24) is 15.8 Å². The summed E-state index contributed by atoms with van der Waals surface area (Å²) in [5.41, 5.74) is 2.16. The van der Waals surface area contributed by atoms with E-state index in [-0.39, 0.29) is 12.3 Å². The Morgan fingerprint density at radius 3 is 2.79 bits per heavy atom. The van der Waals surface area contributed by atoms with Gasteiger partial charge in [0, 0.05) is 0 Å². The van der Waals surface area contributed by atoms with Crippen LogP contribution in [0.2, 0.25) is 0 Å². The van der Waals surface area contributed by atoms with E-state index in [1.807, 2.05) is 5.32 Å². The maximum atomic E-state index is 13.2. The zero-order valence-electron chi connectivity index (χ0n) is 9.68. The van der Waals surface area contributed by atoms with E-state index in [0.717, 1.165) is 5.01 Å². The van der Waals surface area contributed by atoms with Crippen molar-refractivity contribution in [2.24, 2.45) is 0 Å². The van der Waals surface area contributed by atoms with Crippen LogP contribution in [0.25, 0.3) is 0 Å². The van der Waals surface area contributed by atoms with E-state index in [9.17, 15) is 18.8 Å². The first-order valence-corrected chi connectivity index (χ1v) is 5.34. The molecule has 0 saturated carbocycles. The highest BCUT2D eigenvalue weighted by Gasteiger charge is 2.28. The van der Waals surface area contributed by atoms with Gasteiger partial charge in [0.2, 0.25) is 5.91 Å². The van der Waals surface area contributed by atoms with Gasteiger partial charge in [-0.1, -0.05) is 12.1 Å². The smallest absolute Gasteiger partial charge is 0.343 e. The van der Waals surface area contributed by atoms with Crippen LogP contribution in [-0.4, -0.2) is 36.0 Å². The lowest BCUT2D eigenvalue weighted by molar-refractivity contribution is -0.127. The first kappa shape index (κ1) is 12.8. The topological polar surface area (TPSA) is 87.7 Å². The molecule has 100 valence electrons. The first-order chi connectivity index (χ1) is 9.06. The summed E-state index contributed by atoms with van der Waals surface area (Å²) in [6.07, 6.45) is 0. The molecule has 7 nitrogen and oxygen atoms in total. The molecular weight excluding hydrogens is 257 g/mol. The molecule has 19 heavy (non-hydrogen) atoms. The van der Waals surface area contributed by atoms with Crippen LogP contribution in [-0.2, 0) is 9.59 Å². The highest BCUT2D eigenvalue weighted by Crippen LogP contribution is 2.14. The molecule has 0 aromatic heterocycles. The van der Waals surface area contributed by atoms with Crippen LogP contribution in [0, 0.1) is 5.82 Å². The van der Waals surface area contributed by atoms with E-state index in [4.69, 9.17) is 4.74 Å². The fraction of sp³-hybridized carbons (Fsp3) is 0.182. The minimum atomic E-state index is -0.718. The number of benzene rings is 1. The lowest BCUT2D eigenvalue weighted by Gasteiger charge is -2.14. The third-order valence-corrected chi connectivity index (χ3v) is 2.25. The number of urea groups is 1. The zero-order valence-corrected chi connectivity index (χ0v) is 9.68. The van der Waals surface area contributed by atoms with Crippen LogP contribution in [0.15, 0.2) is 24.3 Å². The van der Waals surface area contributed by atoms with E-state index < -0.39 is 30.3 Å². The molecule has 8 heteroatoms. The van der Waals surface area contributed by atoms with Gasteiger partial charge in [0.05, 0.1) is 0 Å². The lowest BCUT2D eigenvalue weighted by Crippen LogP contribution is -2.46. The van der Waals surface area contributed by atoms with Crippen LogP contribution in [0.5, 0.6) is 5.75 Å². The quantitative estimate of drug-likeness (QED) is 0.739. The van der Waals surface area contributed by atoms with Gasteiger partial charge in [-0.25, -0.2) is 14.2 Å².